The fourth-order valence-corrected chi connectivity index (χ4v) is 1.98. The molecule has 0 unspecified atom stereocenters. The quantitative estimate of drug-likeness (QED) is 0.791. The van der Waals surface area contributed by atoms with Gasteiger partial charge in [0.2, 0.25) is 5.82 Å². The topological polar surface area (TPSA) is 87.1 Å². The average Bonchev–Trinajstić information content (AvgIpc) is 2.98. The van der Waals surface area contributed by atoms with Gasteiger partial charge >= 0.3 is 0 Å². The molecule has 0 fully saturated rings. The first-order chi connectivity index (χ1) is 10.3. The fraction of sp³-hybridized carbons (Fsp3) is 0.133. The van der Waals surface area contributed by atoms with Gasteiger partial charge in [-0.1, -0.05) is 17.3 Å². The van der Waals surface area contributed by atoms with E-state index >= 15 is 0 Å². The molecule has 0 radical (unpaired) electrons. The van der Waals surface area contributed by atoms with Crippen LogP contribution in [0.4, 0.5) is 5.69 Å². The Morgan fingerprint density at radius 2 is 2.05 bits per heavy atom. The van der Waals surface area contributed by atoms with Crippen LogP contribution in [0.3, 0.4) is 0 Å². The van der Waals surface area contributed by atoms with E-state index in [1.807, 2.05) is 31.2 Å². The number of nitrogen functional groups attached to an aromatic ring is 1. The number of hydrogen-bond donors (Lipinski definition) is 1. The lowest BCUT2D eigenvalue weighted by Gasteiger charge is -2.06. The zero-order valence-electron chi connectivity index (χ0n) is 11.5. The molecular formula is C15H14N4O2. The SMILES string of the molecule is CCOc1ccccc1-c1noc(-c2ccncc2N)n1. The molecule has 1 aromatic carbocycles. The third kappa shape index (κ3) is 2.55. The van der Waals surface area contributed by atoms with Gasteiger partial charge in [0.05, 0.1) is 29.6 Å². The maximum absolute atomic E-state index is 5.86. The van der Waals surface area contributed by atoms with Crippen LogP contribution in [-0.2, 0) is 0 Å². The highest BCUT2D eigenvalue weighted by Gasteiger charge is 2.15. The summed E-state index contributed by atoms with van der Waals surface area (Å²) in [7, 11) is 0. The normalized spacial score (nSPS) is 10.5. The minimum absolute atomic E-state index is 0.358. The Morgan fingerprint density at radius 3 is 2.86 bits per heavy atom. The van der Waals surface area contributed by atoms with Crippen molar-refractivity contribution >= 4 is 5.69 Å². The van der Waals surface area contributed by atoms with Crippen LogP contribution in [0, 0.1) is 0 Å². The molecule has 6 heteroatoms. The van der Waals surface area contributed by atoms with Gasteiger partial charge in [-0.15, -0.1) is 0 Å². The van der Waals surface area contributed by atoms with Crippen LogP contribution in [0.15, 0.2) is 47.2 Å². The summed E-state index contributed by atoms with van der Waals surface area (Å²) in [5, 5.41) is 4.00. The molecule has 0 saturated heterocycles. The van der Waals surface area contributed by atoms with Crippen molar-refractivity contribution in [2.45, 2.75) is 6.92 Å². The van der Waals surface area contributed by atoms with Gasteiger partial charge in [-0.3, -0.25) is 4.98 Å². The Hall–Kier alpha value is -2.89. The minimum atomic E-state index is 0.358. The lowest BCUT2D eigenvalue weighted by molar-refractivity contribution is 0.341. The Labute approximate surface area is 121 Å². The number of aromatic nitrogens is 3. The molecule has 0 saturated carbocycles. The molecule has 2 aromatic heterocycles. The summed E-state index contributed by atoms with van der Waals surface area (Å²) in [5.74, 6) is 1.54. The van der Waals surface area contributed by atoms with E-state index in [1.54, 1.807) is 18.5 Å². The van der Waals surface area contributed by atoms with Crippen LogP contribution in [0.5, 0.6) is 5.75 Å². The summed E-state index contributed by atoms with van der Waals surface area (Å²) in [4.78, 5) is 8.33. The zero-order valence-corrected chi connectivity index (χ0v) is 11.5. The molecule has 0 atom stereocenters. The molecule has 106 valence electrons. The highest BCUT2D eigenvalue weighted by Crippen LogP contribution is 2.30. The highest BCUT2D eigenvalue weighted by molar-refractivity contribution is 5.71. The Kier molecular flexibility index (Phi) is 3.51. The van der Waals surface area contributed by atoms with E-state index in [9.17, 15) is 0 Å². The van der Waals surface area contributed by atoms with Crippen molar-refractivity contribution in [3.8, 4) is 28.6 Å². The van der Waals surface area contributed by atoms with E-state index in [0.717, 1.165) is 11.3 Å². The number of hydrogen-bond acceptors (Lipinski definition) is 6. The van der Waals surface area contributed by atoms with E-state index in [-0.39, 0.29) is 0 Å². The molecule has 2 N–H and O–H groups in total. The summed E-state index contributed by atoms with van der Waals surface area (Å²) in [5.41, 5.74) is 7.80. The number of benzene rings is 1. The highest BCUT2D eigenvalue weighted by atomic mass is 16.5. The van der Waals surface area contributed by atoms with E-state index in [2.05, 4.69) is 15.1 Å². The number of rotatable bonds is 4. The predicted molar refractivity (Wildman–Crippen MR) is 78.5 cm³/mol. The summed E-state index contributed by atoms with van der Waals surface area (Å²) < 4.78 is 10.9. The van der Waals surface area contributed by atoms with Gasteiger partial charge in [0.25, 0.3) is 5.89 Å². The smallest absolute Gasteiger partial charge is 0.260 e. The lowest BCUT2D eigenvalue weighted by atomic mass is 10.2. The first-order valence-corrected chi connectivity index (χ1v) is 6.55. The third-order valence-corrected chi connectivity index (χ3v) is 2.94. The molecule has 0 spiro atoms. The summed E-state index contributed by atoms with van der Waals surface area (Å²) in [6.07, 6.45) is 3.18. The molecule has 3 aromatic rings. The van der Waals surface area contributed by atoms with Crippen molar-refractivity contribution in [1.82, 2.24) is 15.1 Å². The number of pyridine rings is 1. The second kappa shape index (κ2) is 5.62. The van der Waals surface area contributed by atoms with Crippen LogP contribution < -0.4 is 10.5 Å². The van der Waals surface area contributed by atoms with Crippen LogP contribution in [0.1, 0.15) is 6.92 Å². The van der Waals surface area contributed by atoms with Crippen molar-refractivity contribution in [3.05, 3.63) is 42.7 Å². The molecule has 6 nitrogen and oxygen atoms in total. The third-order valence-electron chi connectivity index (χ3n) is 2.94. The second-order valence-electron chi connectivity index (χ2n) is 4.32. The van der Waals surface area contributed by atoms with Gasteiger partial charge in [-0.25, -0.2) is 0 Å². The van der Waals surface area contributed by atoms with Gasteiger partial charge in [0.15, 0.2) is 0 Å². The summed E-state index contributed by atoms with van der Waals surface area (Å²) in [6.45, 7) is 2.50. The van der Waals surface area contributed by atoms with Crippen molar-refractivity contribution in [1.29, 1.82) is 0 Å². The molecule has 2 heterocycles. The average molecular weight is 282 g/mol. The Morgan fingerprint density at radius 1 is 1.19 bits per heavy atom. The molecule has 0 aliphatic carbocycles. The number of para-hydroxylation sites is 1. The molecule has 21 heavy (non-hydrogen) atoms. The Balaban J connectivity index is 2.01. The Bertz CT molecular complexity index is 755. The van der Waals surface area contributed by atoms with E-state index in [4.69, 9.17) is 15.0 Å². The summed E-state index contributed by atoms with van der Waals surface area (Å²) >= 11 is 0. The monoisotopic (exact) mass is 282 g/mol. The summed E-state index contributed by atoms with van der Waals surface area (Å²) in [6, 6.07) is 9.29. The lowest BCUT2D eigenvalue weighted by Crippen LogP contribution is -1.94. The standard InChI is InChI=1S/C15H14N4O2/c1-2-20-13-6-4-3-5-11(13)14-18-15(21-19-14)10-7-8-17-9-12(10)16/h3-9H,2,16H2,1H3. The van der Waals surface area contributed by atoms with Crippen LogP contribution >= 0.6 is 0 Å². The molecule has 0 aliphatic heterocycles. The van der Waals surface area contributed by atoms with Crippen LogP contribution in [0.25, 0.3) is 22.8 Å². The van der Waals surface area contributed by atoms with Crippen LogP contribution in [0.2, 0.25) is 0 Å². The van der Waals surface area contributed by atoms with Crippen molar-refractivity contribution in [2.24, 2.45) is 0 Å². The number of nitrogens with two attached hydrogens (primary N) is 1. The minimum Gasteiger partial charge on any atom is -0.493 e. The van der Waals surface area contributed by atoms with Gasteiger partial charge in [-0.2, -0.15) is 4.98 Å². The maximum atomic E-state index is 5.86. The molecule has 0 amide bonds. The van der Waals surface area contributed by atoms with E-state index in [1.165, 1.54) is 0 Å². The molecule has 0 bridgehead atoms. The van der Waals surface area contributed by atoms with Gasteiger partial charge in [-0.05, 0) is 25.1 Å². The van der Waals surface area contributed by atoms with Crippen molar-refractivity contribution in [2.75, 3.05) is 12.3 Å². The second-order valence-corrected chi connectivity index (χ2v) is 4.32. The van der Waals surface area contributed by atoms with E-state index < -0.39 is 0 Å². The van der Waals surface area contributed by atoms with Gasteiger partial charge < -0.3 is 15.0 Å². The molecule has 3 rings (SSSR count). The first-order valence-electron chi connectivity index (χ1n) is 6.55. The van der Waals surface area contributed by atoms with E-state index in [0.29, 0.717) is 29.6 Å². The van der Waals surface area contributed by atoms with Gasteiger partial charge in [0, 0.05) is 6.20 Å². The fourth-order valence-electron chi connectivity index (χ4n) is 1.98. The molecule has 0 aliphatic rings. The van der Waals surface area contributed by atoms with Crippen molar-refractivity contribution in [3.63, 3.8) is 0 Å². The number of anilines is 1. The predicted octanol–water partition coefficient (Wildman–Crippen LogP) is 2.78. The number of nitrogens with zero attached hydrogens (tertiary/aromatic N) is 3. The molecular weight excluding hydrogens is 268 g/mol. The van der Waals surface area contributed by atoms with Crippen molar-refractivity contribution < 1.29 is 9.26 Å². The van der Waals surface area contributed by atoms with Crippen LogP contribution in [-0.4, -0.2) is 21.7 Å². The maximum Gasteiger partial charge on any atom is 0.260 e. The number of ether oxygens (including phenoxy) is 1. The van der Waals surface area contributed by atoms with Gasteiger partial charge in [0.1, 0.15) is 5.75 Å². The first kappa shape index (κ1) is 13.1. The largest absolute Gasteiger partial charge is 0.493 e. The zero-order chi connectivity index (χ0) is 14.7.